The van der Waals surface area contributed by atoms with E-state index in [1.54, 1.807) is 24.4 Å². The number of pyridine rings is 1. The van der Waals surface area contributed by atoms with Crippen LogP contribution in [0.25, 0.3) is 5.70 Å². The van der Waals surface area contributed by atoms with Gasteiger partial charge in [0.2, 0.25) is 11.8 Å². The molecule has 0 aliphatic carbocycles. The summed E-state index contributed by atoms with van der Waals surface area (Å²) in [4.78, 5) is 28.3. The number of halogens is 1. The van der Waals surface area contributed by atoms with Gasteiger partial charge in [-0.05, 0) is 35.9 Å². The van der Waals surface area contributed by atoms with Gasteiger partial charge in [0, 0.05) is 17.6 Å². The topological polar surface area (TPSA) is 74.3 Å². The summed E-state index contributed by atoms with van der Waals surface area (Å²) in [6, 6.07) is 12.8. The van der Waals surface area contributed by atoms with Gasteiger partial charge in [-0.25, -0.2) is 5.01 Å². The molecule has 6 nitrogen and oxygen atoms in total. The molecule has 1 aromatic carbocycles. The van der Waals surface area contributed by atoms with Gasteiger partial charge < -0.3 is 5.32 Å². The molecule has 0 radical (unpaired) electrons. The lowest BCUT2D eigenvalue weighted by atomic mass is 10.1. The average Bonchev–Trinajstić information content (AvgIpc) is 2.63. The van der Waals surface area contributed by atoms with Gasteiger partial charge >= 0.3 is 0 Å². The summed E-state index contributed by atoms with van der Waals surface area (Å²) in [7, 11) is 0. The standard InChI is InChI=1S/C18H17ClN4O2/c19-14-6-4-13(5-7-14)16-8-9-18(25)23(22-16)12-17(24)21-11-15-3-1-2-10-20-15/h1-8,10,22H,9,11-12H2,(H,21,24). The van der Waals surface area contributed by atoms with E-state index in [-0.39, 0.29) is 24.8 Å². The fraction of sp³-hybridized carbons (Fsp3) is 0.167. The van der Waals surface area contributed by atoms with Gasteiger partial charge in [0.15, 0.2) is 0 Å². The van der Waals surface area contributed by atoms with Crippen molar-refractivity contribution < 1.29 is 9.59 Å². The zero-order chi connectivity index (χ0) is 17.6. The van der Waals surface area contributed by atoms with Crippen LogP contribution in [0.3, 0.4) is 0 Å². The van der Waals surface area contributed by atoms with Gasteiger partial charge in [-0.2, -0.15) is 0 Å². The Bertz CT molecular complexity index is 790. The maximum atomic E-state index is 12.1. The molecule has 0 atom stereocenters. The molecule has 7 heteroatoms. The third kappa shape index (κ3) is 4.58. The summed E-state index contributed by atoms with van der Waals surface area (Å²) >= 11 is 5.89. The summed E-state index contributed by atoms with van der Waals surface area (Å²) in [6.07, 6.45) is 3.70. The van der Waals surface area contributed by atoms with E-state index in [0.29, 0.717) is 11.6 Å². The van der Waals surface area contributed by atoms with E-state index in [2.05, 4.69) is 15.7 Å². The van der Waals surface area contributed by atoms with Gasteiger partial charge in [-0.1, -0.05) is 29.8 Å². The molecule has 2 aromatic rings. The van der Waals surface area contributed by atoms with Crippen molar-refractivity contribution in [3.05, 3.63) is 71.0 Å². The van der Waals surface area contributed by atoms with E-state index < -0.39 is 0 Å². The molecule has 2 N–H and O–H groups in total. The van der Waals surface area contributed by atoms with Crippen molar-refractivity contribution in [2.24, 2.45) is 0 Å². The Labute approximate surface area is 150 Å². The molecule has 3 rings (SSSR count). The van der Waals surface area contributed by atoms with Crippen LogP contribution < -0.4 is 10.7 Å². The number of carbonyl (C=O) groups is 2. The maximum Gasteiger partial charge on any atom is 0.245 e. The Morgan fingerprint density at radius 3 is 2.76 bits per heavy atom. The number of carbonyl (C=O) groups excluding carboxylic acids is 2. The van der Waals surface area contributed by atoms with E-state index in [4.69, 9.17) is 11.6 Å². The Morgan fingerprint density at radius 2 is 2.04 bits per heavy atom. The first-order valence-corrected chi connectivity index (χ1v) is 8.19. The van der Waals surface area contributed by atoms with Crippen molar-refractivity contribution in [1.29, 1.82) is 0 Å². The first-order chi connectivity index (χ1) is 12.1. The SMILES string of the molecule is O=C(CN1NC(c2ccc(Cl)cc2)=CCC1=O)NCc1ccccn1. The number of hydrazine groups is 1. The molecule has 0 fully saturated rings. The van der Waals surface area contributed by atoms with Crippen LogP contribution in [0, 0.1) is 0 Å². The Kier molecular flexibility index (Phi) is 5.30. The van der Waals surface area contributed by atoms with Gasteiger partial charge in [0.25, 0.3) is 0 Å². The van der Waals surface area contributed by atoms with Gasteiger partial charge in [-0.15, -0.1) is 0 Å². The van der Waals surface area contributed by atoms with E-state index >= 15 is 0 Å². The van der Waals surface area contributed by atoms with Crippen LogP contribution in [0.5, 0.6) is 0 Å². The molecule has 1 aliphatic heterocycles. The fourth-order valence-electron chi connectivity index (χ4n) is 2.38. The molecule has 1 aromatic heterocycles. The molecule has 2 heterocycles. The van der Waals surface area contributed by atoms with E-state index in [9.17, 15) is 9.59 Å². The Balaban J connectivity index is 1.58. The third-order valence-corrected chi connectivity index (χ3v) is 3.94. The summed E-state index contributed by atoms with van der Waals surface area (Å²) < 4.78 is 0. The molecule has 25 heavy (non-hydrogen) atoms. The summed E-state index contributed by atoms with van der Waals surface area (Å²) in [6.45, 7) is 0.248. The van der Waals surface area contributed by atoms with E-state index in [1.807, 2.05) is 30.3 Å². The predicted octanol–water partition coefficient (Wildman–Crippen LogP) is 2.13. The summed E-state index contributed by atoms with van der Waals surface area (Å²) in [5.74, 6) is -0.422. The lowest BCUT2D eigenvalue weighted by molar-refractivity contribution is -0.138. The lowest BCUT2D eigenvalue weighted by Crippen LogP contribution is -2.49. The van der Waals surface area contributed by atoms with Gasteiger partial charge in [-0.3, -0.25) is 20.0 Å². The molecule has 0 unspecified atom stereocenters. The van der Waals surface area contributed by atoms with Crippen molar-refractivity contribution in [3.63, 3.8) is 0 Å². The molecular weight excluding hydrogens is 340 g/mol. The third-order valence-electron chi connectivity index (χ3n) is 3.69. The minimum atomic E-state index is -0.260. The van der Waals surface area contributed by atoms with Gasteiger partial charge in [0.1, 0.15) is 6.54 Å². The summed E-state index contributed by atoms with van der Waals surface area (Å²) in [5, 5.41) is 4.71. The van der Waals surface area contributed by atoms with Crippen LogP contribution in [-0.4, -0.2) is 28.4 Å². The van der Waals surface area contributed by atoms with Crippen molar-refractivity contribution in [1.82, 2.24) is 20.7 Å². The molecule has 128 valence electrons. The fourth-order valence-corrected chi connectivity index (χ4v) is 2.51. The maximum absolute atomic E-state index is 12.1. The van der Waals surface area contributed by atoms with Crippen LogP contribution in [0.1, 0.15) is 17.7 Å². The predicted molar refractivity (Wildman–Crippen MR) is 95.0 cm³/mol. The Hall–Kier alpha value is -2.86. The lowest BCUT2D eigenvalue weighted by Gasteiger charge is -2.28. The quantitative estimate of drug-likeness (QED) is 0.860. The highest BCUT2D eigenvalue weighted by Crippen LogP contribution is 2.19. The van der Waals surface area contributed by atoms with E-state index in [0.717, 1.165) is 17.0 Å². The smallest absolute Gasteiger partial charge is 0.245 e. The number of amides is 2. The second-order valence-corrected chi connectivity index (χ2v) is 5.95. The first-order valence-electron chi connectivity index (χ1n) is 7.81. The molecule has 1 aliphatic rings. The zero-order valence-corrected chi connectivity index (χ0v) is 14.2. The van der Waals surface area contributed by atoms with Crippen molar-refractivity contribution in [2.75, 3.05) is 6.54 Å². The van der Waals surface area contributed by atoms with Crippen molar-refractivity contribution in [2.45, 2.75) is 13.0 Å². The van der Waals surface area contributed by atoms with Crippen LogP contribution in [0.2, 0.25) is 5.02 Å². The van der Waals surface area contributed by atoms with Crippen LogP contribution in [-0.2, 0) is 16.1 Å². The average molecular weight is 357 g/mol. The second kappa shape index (κ2) is 7.81. The second-order valence-electron chi connectivity index (χ2n) is 5.52. The first kappa shape index (κ1) is 17.0. The van der Waals surface area contributed by atoms with Crippen LogP contribution in [0.15, 0.2) is 54.7 Å². The monoisotopic (exact) mass is 356 g/mol. The Morgan fingerprint density at radius 1 is 1.24 bits per heavy atom. The van der Waals surface area contributed by atoms with Crippen molar-refractivity contribution in [3.8, 4) is 0 Å². The molecule has 0 saturated heterocycles. The normalized spacial score (nSPS) is 13.9. The molecule has 2 amide bonds. The minimum Gasteiger partial charge on any atom is -0.349 e. The number of hydrogen-bond acceptors (Lipinski definition) is 4. The molecule has 0 bridgehead atoms. The van der Waals surface area contributed by atoms with Crippen molar-refractivity contribution >= 4 is 29.1 Å². The number of benzene rings is 1. The zero-order valence-electron chi connectivity index (χ0n) is 13.4. The van der Waals surface area contributed by atoms with Gasteiger partial charge in [0.05, 0.1) is 17.9 Å². The minimum absolute atomic E-state index is 0.0728. The molecule has 0 spiro atoms. The number of aromatic nitrogens is 1. The number of hydrogen-bond donors (Lipinski definition) is 2. The number of nitrogens with one attached hydrogen (secondary N) is 2. The highest BCUT2D eigenvalue weighted by molar-refractivity contribution is 6.30. The van der Waals surface area contributed by atoms with Crippen LogP contribution >= 0.6 is 11.6 Å². The summed E-state index contributed by atoms with van der Waals surface area (Å²) in [5.41, 5.74) is 5.42. The largest absolute Gasteiger partial charge is 0.349 e. The highest BCUT2D eigenvalue weighted by Gasteiger charge is 2.22. The number of nitrogens with zero attached hydrogens (tertiary/aromatic N) is 2. The van der Waals surface area contributed by atoms with Crippen LogP contribution in [0.4, 0.5) is 0 Å². The van der Waals surface area contributed by atoms with E-state index in [1.165, 1.54) is 5.01 Å². The number of rotatable bonds is 5. The molecular formula is C18H17ClN4O2. The highest BCUT2D eigenvalue weighted by atomic mass is 35.5. The molecule has 0 saturated carbocycles.